The van der Waals surface area contributed by atoms with Crippen LogP contribution in [0.2, 0.25) is 0 Å². The number of carbonyl (C=O) groups excluding carboxylic acids is 4. The molecular weight excluding hydrogens is 646 g/mol. The van der Waals surface area contributed by atoms with Gasteiger partial charge in [0.05, 0.1) is 24.2 Å². The summed E-state index contributed by atoms with van der Waals surface area (Å²) < 4.78 is 15.2. The zero-order valence-electron chi connectivity index (χ0n) is 27.9. The summed E-state index contributed by atoms with van der Waals surface area (Å²) in [6.45, 7) is 5.22. The maximum absolute atomic E-state index is 12.4. The first-order chi connectivity index (χ1) is 23.4. The highest BCUT2D eigenvalue weighted by molar-refractivity contribution is 7.98. The Kier molecular flexibility index (Phi) is 12.4. The SMILES string of the molecule is COC(=O)c1cc(-c2nccc3c2[nH]c2ccccc23)ccc1O.CSCC(C=O)C(NC(=O)OC(C)(C)C)C(=O)OCc1ccccc1. The Labute approximate surface area is 288 Å². The number of thioether (sulfide) groups is 1. The number of nitrogens with zero attached hydrogens (tertiary/aromatic N) is 1. The first-order valence-electron chi connectivity index (χ1n) is 15.4. The zero-order chi connectivity index (χ0) is 35.6. The van der Waals surface area contributed by atoms with Crippen molar-refractivity contribution < 1.29 is 38.5 Å². The molecule has 1 amide bonds. The van der Waals surface area contributed by atoms with E-state index in [1.54, 1.807) is 39.1 Å². The predicted octanol–water partition coefficient (Wildman–Crippen LogP) is 6.68. The van der Waals surface area contributed by atoms with E-state index in [9.17, 15) is 24.3 Å². The first kappa shape index (κ1) is 36.5. The number of hydrogen-bond acceptors (Lipinski definition) is 10. The van der Waals surface area contributed by atoms with Crippen molar-refractivity contribution >= 4 is 57.9 Å². The number of alkyl carbamates (subject to hydrolysis) is 1. The average molecular weight is 686 g/mol. The van der Waals surface area contributed by atoms with E-state index < -0.39 is 35.6 Å². The van der Waals surface area contributed by atoms with Crippen molar-refractivity contribution in [2.45, 2.75) is 39.0 Å². The van der Waals surface area contributed by atoms with Crippen molar-refractivity contribution in [3.05, 3.63) is 96.2 Å². The van der Waals surface area contributed by atoms with Gasteiger partial charge in [0.1, 0.15) is 35.8 Å². The molecule has 0 aliphatic heterocycles. The minimum Gasteiger partial charge on any atom is -0.507 e. The molecule has 0 saturated carbocycles. The van der Waals surface area contributed by atoms with Gasteiger partial charge in [0.2, 0.25) is 0 Å². The summed E-state index contributed by atoms with van der Waals surface area (Å²) in [5.74, 6) is -1.69. The second-order valence-electron chi connectivity index (χ2n) is 11.9. The molecule has 0 aliphatic carbocycles. The van der Waals surface area contributed by atoms with Gasteiger partial charge in [-0.2, -0.15) is 11.8 Å². The number of amides is 1. The topological polar surface area (TPSA) is 157 Å². The maximum atomic E-state index is 12.4. The highest BCUT2D eigenvalue weighted by atomic mass is 32.2. The lowest BCUT2D eigenvalue weighted by Crippen LogP contribution is -2.49. The van der Waals surface area contributed by atoms with Gasteiger partial charge in [-0.25, -0.2) is 14.4 Å². The van der Waals surface area contributed by atoms with Gasteiger partial charge in [0.25, 0.3) is 0 Å². The van der Waals surface area contributed by atoms with Crippen LogP contribution in [0, 0.1) is 5.92 Å². The van der Waals surface area contributed by atoms with E-state index in [1.807, 2.05) is 60.9 Å². The number of nitrogens with one attached hydrogen (secondary N) is 2. The van der Waals surface area contributed by atoms with E-state index in [4.69, 9.17) is 14.2 Å². The predicted molar refractivity (Wildman–Crippen MR) is 189 cm³/mol. The summed E-state index contributed by atoms with van der Waals surface area (Å²) >= 11 is 1.40. The minimum absolute atomic E-state index is 0.0665. The van der Waals surface area contributed by atoms with Gasteiger partial charge in [0, 0.05) is 33.8 Å². The molecule has 0 aliphatic rings. The number of phenols is 1. The summed E-state index contributed by atoms with van der Waals surface area (Å²) in [6, 6.07) is 22.9. The number of benzene rings is 3. The molecule has 0 bridgehead atoms. The molecular formula is C37H39N3O8S. The number of rotatable bonds is 10. The summed E-state index contributed by atoms with van der Waals surface area (Å²) in [7, 11) is 1.28. The summed E-state index contributed by atoms with van der Waals surface area (Å²) in [5, 5.41) is 14.5. The molecule has 0 radical (unpaired) electrons. The molecule has 5 aromatic rings. The third kappa shape index (κ3) is 9.60. The summed E-state index contributed by atoms with van der Waals surface area (Å²) in [6.07, 6.45) is 3.45. The van der Waals surface area contributed by atoms with Gasteiger partial charge in [-0.15, -0.1) is 0 Å². The molecule has 2 aromatic heterocycles. The van der Waals surface area contributed by atoms with Crippen LogP contribution in [0.1, 0.15) is 36.7 Å². The lowest BCUT2D eigenvalue weighted by Gasteiger charge is -2.25. The van der Waals surface area contributed by atoms with Crippen molar-refractivity contribution in [2.24, 2.45) is 5.92 Å². The largest absolute Gasteiger partial charge is 0.507 e. The van der Waals surface area contributed by atoms with Crippen molar-refractivity contribution in [3.63, 3.8) is 0 Å². The molecule has 2 heterocycles. The fourth-order valence-electron chi connectivity index (χ4n) is 4.95. The van der Waals surface area contributed by atoms with Gasteiger partial charge in [0.15, 0.2) is 0 Å². The van der Waals surface area contributed by atoms with Gasteiger partial charge >= 0.3 is 18.0 Å². The Bertz CT molecular complexity index is 1920. The van der Waals surface area contributed by atoms with Crippen LogP contribution in [0.15, 0.2) is 85.1 Å². The first-order valence-corrected chi connectivity index (χ1v) is 16.8. The van der Waals surface area contributed by atoms with Gasteiger partial charge in [-0.3, -0.25) is 4.98 Å². The molecule has 11 nitrogen and oxygen atoms in total. The summed E-state index contributed by atoms with van der Waals surface area (Å²) in [4.78, 5) is 55.5. The van der Waals surface area contributed by atoms with Crippen molar-refractivity contribution in [1.29, 1.82) is 0 Å². The number of pyridine rings is 1. The van der Waals surface area contributed by atoms with Crippen LogP contribution in [-0.4, -0.2) is 70.2 Å². The van der Waals surface area contributed by atoms with Crippen LogP contribution in [0.5, 0.6) is 5.75 Å². The Morgan fingerprint density at radius 3 is 2.39 bits per heavy atom. The van der Waals surface area contributed by atoms with Crippen LogP contribution >= 0.6 is 11.8 Å². The highest BCUT2D eigenvalue weighted by Gasteiger charge is 2.32. The Morgan fingerprint density at radius 2 is 1.71 bits per heavy atom. The van der Waals surface area contributed by atoms with Crippen molar-refractivity contribution in [3.8, 4) is 17.0 Å². The van der Waals surface area contributed by atoms with Crippen molar-refractivity contribution in [1.82, 2.24) is 15.3 Å². The Balaban J connectivity index is 0.000000221. The minimum atomic E-state index is -1.09. The van der Waals surface area contributed by atoms with E-state index in [0.717, 1.165) is 32.9 Å². The lowest BCUT2D eigenvalue weighted by molar-refractivity contribution is -0.149. The van der Waals surface area contributed by atoms with Crippen LogP contribution in [-0.2, 0) is 30.4 Å². The van der Waals surface area contributed by atoms with Crippen LogP contribution in [0.4, 0.5) is 4.79 Å². The van der Waals surface area contributed by atoms with Gasteiger partial charge in [-0.1, -0.05) is 48.5 Å². The number of ether oxygens (including phenoxy) is 3. The third-order valence-corrected chi connectivity index (χ3v) is 7.93. The number of H-pyrrole nitrogens is 1. The quantitative estimate of drug-likeness (QED) is 0.0823. The second kappa shape index (κ2) is 16.6. The number of aldehydes is 1. The third-order valence-electron chi connectivity index (χ3n) is 7.22. The van der Waals surface area contributed by atoms with Crippen LogP contribution < -0.4 is 5.32 Å². The second-order valence-corrected chi connectivity index (χ2v) is 12.9. The number of aromatic hydroxyl groups is 1. The van der Waals surface area contributed by atoms with Crippen LogP contribution in [0.25, 0.3) is 33.1 Å². The van der Waals surface area contributed by atoms with E-state index in [2.05, 4.69) is 21.4 Å². The average Bonchev–Trinajstić information content (AvgIpc) is 3.47. The van der Waals surface area contributed by atoms with E-state index in [0.29, 0.717) is 17.7 Å². The molecule has 2 atom stereocenters. The number of aromatic amines is 1. The zero-order valence-corrected chi connectivity index (χ0v) is 28.7. The van der Waals surface area contributed by atoms with E-state index in [-0.39, 0.29) is 17.9 Å². The lowest BCUT2D eigenvalue weighted by atomic mass is 10.0. The highest BCUT2D eigenvalue weighted by Crippen LogP contribution is 2.33. The monoisotopic (exact) mass is 685 g/mol. The molecule has 0 saturated heterocycles. The standard InChI is InChI=1S/C19H14N2O3.C18H25NO5S/c1-24-19(23)14-10-11(6-7-16(14)22)17-18-13(8-9-20-17)12-4-2-3-5-15(12)21-18;1-18(2,3)24-17(22)19-15(14(10-20)12-25-4)16(21)23-11-13-8-6-5-7-9-13/h2-10,21-22H,1H3;5-10,14-15H,11-12H2,1-4H3,(H,19,22). The number of aromatic nitrogens is 2. The van der Waals surface area contributed by atoms with Gasteiger partial charge < -0.3 is 34.4 Å². The van der Waals surface area contributed by atoms with Crippen LogP contribution in [0.3, 0.4) is 0 Å². The number of esters is 2. The molecule has 3 aromatic carbocycles. The fourth-order valence-corrected chi connectivity index (χ4v) is 5.61. The Morgan fingerprint density at radius 1 is 1.00 bits per heavy atom. The molecule has 0 fully saturated rings. The normalized spacial score (nSPS) is 12.3. The molecule has 3 N–H and O–H groups in total. The summed E-state index contributed by atoms with van der Waals surface area (Å²) in [5.41, 5.74) is 3.58. The van der Waals surface area contributed by atoms with E-state index in [1.165, 1.54) is 24.9 Å². The molecule has 5 rings (SSSR count). The molecule has 256 valence electrons. The molecule has 0 spiro atoms. The fraction of sp³-hybridized carbons (Fsp3) is 0.270. The molecule has 49 heavy (non-hydrogen) atoms. The van der Waals surface area contributed by atoms with Crippen molar-refractivity contribution in [2.75, 3.05) is 19.1 Å². The number of carbonyl (C=O) groups is 4. The van der Waals surface area contributed by atoms with E-state index >= 15 is 0 Å². The number of hydrogen-bond donors (Lipinski definition) is 3. The van der Waals surface area contributed by atoms with Gasteiger partial charge in [-0.05, 0) is 62.9 Å². The molecule has 12 heteroatoms. The number of para-hydroxylation sites is 1. The smallest absolute Gasteiger partial charge is 0.408 e. The number of methoxy groups -OCH3 is 1. The number of phenolic OH excluding ortho intramolecular Hbond substituents is 1. The maximum Gasteiger partial charge on any atom is 0.408 e. The Hall–Kier alpha value is -5.36. The number of fused-ring (bicyclic) bond motifs is 3. The molecule has 2 unspecified atom stereocenters.